The summed E-state index contributed by atoms with van der Waals surface area (Å²) in [5.74, 6) is 1.65. The molecule has 0 amide bonds. The van der Waals surface area contributed by atoms with E-state index in [1.54, 1.807) is 44.6 Å². The summed E-state index contributed by atoms with van der Waals surface area (Å²) >= 11 is 0. The summed E-state index contributed by atoms with van der Waals surface area (Å²) in [4.78, 5) is 12.2. The van der Waals surface area contributed by atoms with Crippen LogP contribution in [0, 0.1) is 11.3 Å². The Balaban J connectivity index is 2.01. The Hall–Kier alpha value is -3.46. The smallest absolute Gasteiger partial charge is 0.311 e. The highest BCUT2D eigenvalue weighted by Gasteiger charge is 2.12. The minimum atomic E-state index is -0.372. The van der Waals surface area contributed by atoms with E-state index < -0.39 is 0 Å². The summed E-state index contributed by atoms with van der Waals surface area (Å²) < 4.78 is 21.1. The Morgan fingerprint density at radius 3 is 2.30 bits per heavy atom. The van der Waals surface area contributed by atoms with Crippen LogP contribution in [0.15, 0.2) is 42.5 Å². The van der Waals surface area contributed by atoms with E-state index in [4.69, 9.17) is 24.2 Å². The van der Waals surface area contributed by atoms with Gasteiger partial charge in [-0.2, -0.15) is 5.26 Å². The van der Waals surface area contributed by atoms with Crippen LogP contribution in [-0.2, 0) is 11.2 Å². The van der Waals surface area contributed by atoms with Crippen molar-refractivity contribution in [3.8, 4) is 29.1 Å². The zero-order chi connectivity index (χ0) is 19.6. The average Bonchev–Trinajstić information content (AvgIpc) is 2.71. The zero-order valence-corrected chi connectivity index (χ0v) is 15.5. The van der Waals surface area contributed by atoms with Crippen LogP contribution >= 0.6 is 0 Å². The average molecular weight is 367 g/mol. The Kier molecular flexibility index (Phi) is 7.26. The second-order valence-electron chi connectivity index (χ2n) is 5.54. The maximum atomic E-state index is 12.2. The summed E-state index contributed by atoms with van der Waals surface area (Å²) in [6, 6.07) is 12.5. The number of nitrogens with zero attached hydrogens (tertiary/aromatic N) is 1. The molecule has 0 aliphatic heterocycles. The van der Waals surface area contributed by atoms with Gasteiger partial charge in [-0.1, -0.05) is 12.1 Å². The molecule has 6 nitrogen and oxygen atoms in total. The number of aryl methyl sites for hydroxylation is 1. The minimum Gasteiger partial charge on any atom is -0.493 e. The maximum absolute atomic E-state index is 12.2. The van der Waals surface area contributed by atoms with Gasteiger partial charge in [-0.05, 0) is 47.9 Å². The molecule has 0 N–H and O–H groups in total. The molecule has 6 heteroatoms. The number of methoxy groups -OCH3 is 3. The minimum absolute atomic E-state index is 0.203. The van der Waals surface area contributed by atoms with Crippen molar-refractivity contribution in [2.45, 2.75) is 12.8 Å². The second kappa shape index (κ2) is 9.88. The molecule has 2 aromatic carbocycles. The number of nitriles is 1. The van der Waals surface area contributed by atoms with Crippen molar-refractivity contribution in [2.24, 2.45) is 0 Å². The molecule has 0 unspecified atom stereocenters. The second-order valence-corrected chi connectivity index (χ2v) is 5.54. The lowest BCUT2D eigenvalue weighted by Crippen LogP contribution is -2.10. The van der Waals surface area contributed by atoms with Crippen LogP contribution < -0.4 is 18.9 Å². The van der Waals surface area contributed by atoms with Crippen molar-refractivity contribution in [1.29, 1.82) is 5.26 Å². The fraction of sp³-hybridized carbons (Fsp3) is 0.238. The highest BCUT2D eigenvalue weighted by atomic mass is 16.6. The van der Waals surface area contributed by atoms with Gasteiger partial charge in [0.1, 0.15) is 0 Å². The highest BCUT2D eigenvalue weighted by molar-refractivity contribution is 5.74. The van der Waals surface area contributed by atoms with Gasteiger partial charge in [-0.15, -0.1) is 0 Å². The molecule has 0 heterocycles. The molecular weight excluding hydrogens is 346 g/mol. The van der Waals surface area contributed by atoms with Gasteiger partial charge >= 0.3 is 5.97 Å². The molecule has 0 bridgehead atoms. The lowest BCUT2D eigenvalue weighted by molar-refractivity contribution is -0.134. The predicted octanol–water partition coefficient (Wildman–Crippen LogP) is 3.79. The van der Waals surface area contributed by atoms with Gasteiger partial charge in [0.25, 0.3) is 0 Å². The summed E-state index contributed by atoms with van der Waals surface area (Å²) in [6.45, 7) is 0. The Morgan fingerprint density at radius 2 is 1.63 bits per heavy atom. The number of benzene rings is 2. The first kappa shape index (κ1) is 19.9. The standard InChI is InChI=1S/C21H21NO5/c1-24-17-9-6-16(14-19(17)25-2)8-11-21(23)27-18-10-7-15(5-4-12-22)13-20(18)26-3/h4-7,9-10,13-14H,8,11H2,1-3H3/b5-4-. The Labute approximate surface area is 158 Å². The third-order valence-electron chi connectivity index (χ3n) is 3.83. The van der Waals surface area contributed by atoms with Crippen LogP contribution in [0.1, 0.15) is 17.5 Å². The van der Waals surface area contributed by atoms with E-state index in [-0.39, 0.29) is 12.4 Å². The van der Waals surface area contributed by atoms with Crippen molar-refractivity contribution < 1.29 is 23.7 Å². The van der Waals surface area contributed by atoms with Crippen molar-refractivity contribution in [1.82, 2.24) is 0 Å². The number of hydrogen-bond acceptors (Lipinski definition) is 6. The molecule has 0 aliphatic carbocycles. The van der Waals surface area contributed by atoms with E-state index in [1.807, 2.05) is 18.2 Å². The molecule has 27 heavy (non-hydrogen) atoms. The zero-order valence-electron chi connectivity index (χ0n) is 15.5. The van der Waals surface area contributed by atoms with Gasteiger partial charge in [-0.3, -0.25) is 4.79 Å². The molecule has 0 saturated carbocycles. The topological polar surface area (TPSA) is 77.8 Å². The highest BCUT2D eigenvalue weighted by Crippen LogP contribution is 2.30. The van der Waals surface area contributed by atoms with Gasteiger partial charge in [0, 0.05) is 12.5 Å². The third-order valence-corrected chi connectivity index (χ3v) is 3.83. The maximum Gasteiger partial charge on any atom is 0.311 e. The predicted molar refractivity (Wildman–Crippen MR) is 101 cm³/mol. The Morgan fingerprint density at radius 1 is 0.963 bits per heavy atom. The number of rotatable bonds is 8. The van der Waals surface area contributed by atoms with Crippen LogP contribution in [0.25, 0.3) is 6.08 Å². The summed E-state index contributed by atoms with van der Waals surface area (Å²) in [5.41, 5.74) is 1.71. The molecule has 2 aromatic rings. The van der Waals surface area contributed by atoms with Crippen molar-refractivity contribution >= 4 is 12.0 Å². The SMILES string of the molecule is COc1ccc(CCC(=O)Oc2ccc(/C=C\C#N)cc2OC)cc1OC. The molecule has 0 saturated heterocycles. The lowest BCUT2D eigenvalue weighted by Gasteiger charge is -2.11. The van der Waals surface area contributed by atoms with Crippen LogP contribution in [-0.4, -0.2) is 27.3 Å². The molecular formula is C21H21NO5. The summed E-state index contributed by atoms with van der Waals surface area (Å²) in [7, 11) is 4.63. The first-order chi connectivity index (χ1) is 13.1. The number of carbonyl (C=O) groups is 1. The van der Waals surface area contributed by atoms with Gasteiger partial charge in [0.05, 0.1) is 27.4 Å². The van der Waals surface area contributed by atoms with Crippen LogP contribution in [0.4, 0.5) is 0 Å². The van der Waals surface area contributed by atoms with Crippen LogP contribution in [0.3, 0.4) is 0 Å². The molecule has 0 atom stereocenters. The van der Waals surface area contributed by atoms with E-state index in [9.17, 15) is 4.79 Å². The largest absolute Gasteiger partial charge is 0.493 e. The van der Waals surface area contributed by atoms with Gasteiger partial charge in [0.15, 0.2) is 23.0 Å². The number of ether oxygens (including phenoxy) is 4. The molecule has 2 rings (SSSR count). The molecule has 0 spiro atoms. The first-order valence-corrected chi connectivity index (χ1v) is 8.27. The Bertz CT molecular complexity index is 867. The molecule has 0 fully saturated rings. The van der Waals surface area contributed by atoms with Crippen molar-refractivity contribution in [2.75, 3.05) is 21.3 Å². The molecule has 0 aromatic heterocycles. The van der Waals surface area contributed by atoms with Crippen molar-refractivity contribution in [3.63, 3.8) is 0 Å². The van der Waals surface area contributed by atoms with E-state index in [0.717, 1.165) is 11.1 Å². The quantitative estimate of drug-likeness (QED) is 0.401. The first-order valence-electron chi connectivity index (χ1n) is 8.27. The number of carbonyl (C=O) groups excluding carboxylic acids is 1. The monoisotopic (exact) mass is 367 g/mol. The number of hydrogen-bond donors (Lipinski definition) is 0. The third kappa shape index (κ3) is 5.51. The fourth-order valence-corrected chi connectivity index (χ4v) is 2.46. The van der Waals surface area contributed by atoms with E-state index in [2.05, 4.69) is 0 Å². The van der Waals surface area contributed by atoms with E-state index >= 15 is 0 Å². The summed E-state index contributed by atoms with van der Waals surface area (Å²) in [5, 5.41) is 8.59. The van der Waals surface area contributed by atoms with Crippen molar-refractivity contribution in [3.05, 3.63) is 53.6 Å². The summed E-state index contributed by atoms with van der Waals surface area (Å²) in [6.07, 6.45) is 3.72. The van der Waals surface area contributed by atoms with E-state index in [0.29, 0.717) is 29.4 Å². The molecule has 0 aliphatic rings. The van der Waals surface area contributed by atoms with Crippen LogP contribution in [0.2, 0.25) is 0 Å². The molecule has 140 valence electrons. The fourth-order valence-electron chi connectivity index (χ4n) is 2.46. The van der Waals surface area contributed by atoms with E-state index in [1.165, 1.54) is 13.2 Å². The number of allylic oxidation sites excluding steroid dienone is 1. The van der Waals surface area contributed by atoms with Gasteiger partial charge in [-0.25, -0.2) is 0 Å². The lowest BCUT2D eigenvalue weighted by atomic mass is 10.1. The van der Waals surface area contributed by atoms with Gasteiger partial charge < -0.3 is 18.9 Å². The van der Waals surface area contributed by atoms with Gasteiger partial charge in [0.2, 0.25) is 0 Å². The van der Waals surface area contributed by atoms with Crippen LogP contribution in [0.5, 0.6) is 23.0 Å². The molecule has 0 radical (unpaired) electrons. The number of esters is 1. The normalized spacial score (nSPS) is 10.3.